The second-order valence-corrected chi connectivity index (χ2v) is 5.97. The molecule has 108 valence electrons. The minimum absolute atomic E-state index is 0.216. The Kier molecular flexibility index (Phi) is 4.25. The van der Waals surface area contributed by atoms with Crippen molar-refractivity contribution in [2.45, 2.75) is 70.2 Å². The molecular weight excluding hydrogens is 240 g/mol. The molecule has 19 heavy (non-hydrogen) atoms. The van der Waals surface area contributed by atoms with Crippen molar-refractivity contribution in [1.82, 2.24) is 0 Å². The molecule has 1 aliphatic heterocycles. The number of ether oxygens (including phenoxy) is 3. The van der Waals surface area contributed by atoms with Gasteiger partial charge in [0.2, 0.25) is 0 Å². The van der Waals surface area contributed by atoms with Gasteiger partial charge in [-0.2, -0.15) is 0 Å². The highest BCUT2D eigenvalue weighted by Crippen LogP contribution is 2.41. The van der Waals surface area contributed by atoms with Crippen LogP contribution in [0.15, 0.2) is 11.1 Å². The van der Waals surface area contributed by atoms with Crippen LogP contribution in [0, 0.1) is 0 Å². The molecule has 3 rings (SSSR count). The molecule has 3 fully saturated rings. The van der Waals surface area contributed by atoms with Crippen LogP contribution in [0.2, 0.25) is 0 Å². The summed E-state index contributed by atoms with van der Waals surface area (Å²) >= 11 is 0. The molecular formula is C16H26O3. The summed E-state index contributed by atoms with van der Waals surface area (Å²) in [6.07, 6.45) is 9.88. The van der Waals surface area contributed by atoms with Crippen LogP contribution in [0.25, 0.3) is 0 Å². The molecule has 2 aliphatic carbocycles. The molecule has 3 heteroatoms. The van der Waals surface area contributed by atoms with E-state index in [2.05, 4.69) is 6.92 Å². The van der Waals surface area contributed by atoms with E-state index < -0.39 is 0 Å². The van der Waals surface area contributed by atoms with Crippen LogP contribution in [-0.2, 0) is 14.2 Å². The summed E-state index contributed by atoms with van der Waals surface area (Å²) in [7, 11) is 0. The highest BCUT2D eigenvalue weighted by molar-refractivity contribution is 5.19. The fourth-order valence-electron chi connectivity index (χ4n) is 3.77. The number of hydrogen-bond acceptors (Lipinski definition) is 3. The topological polar surface area (TPSA) is 27.7 Å². The second-order valence-electron chi connectivity index (χ2n) is 5.97. The SMILES string of the molecule is CCOC1CCC(=C2CCC3(CC2)OCCO3)CC1. The van der Waals surface area contributed by atoms with Gasteiger partial charge >= 0.3 is 0 Å². The Balaban J connectivity index is 1.54. The third-order valence-corrected chi connectivity index (χ3v) is 4.87. The van der Waals surface area contributed by atoms with E-state index in [4.69, 9.17) is 14.2 Å². The summed E-state index contributed by atoms with van der Waals surface area (Å²) in [6.45, 7) is 4.51. The van der Waals surface area contributed by atoms with Crippen LogP contribution in [0.4, 0.5) is 0 Å². The Morgan fingerprint density at radius 2 is 1.58 bits per heavy atom. The third-order valence-electron chi connectivity index (χ3n) is 4.87. The fraction of sp³-hybridized carbons (Fsp3) is 0.875. The normalized spacial score (nSPS) is 31.1. The van der Waals surface area contributed by atoms with E-state index in [9.17, 15) is 0 Å². The van der Waals surface area contributed by atoms with Gasteiger partial charge in [0.15, 0.2) is 5.79 Å². The molecule has 3 nitrogen and oxygen atoms in total. The quantitative estimate of drug-likeness (QED) is 0.715. The van der Waals surface area contributed by atoms with Gasteiger partial charge in [0.25, 0.3) is 0 Å². The molecule has 1 saturated heterocycles. The van der Waals surface area contributed by atoms with Crippen molar-refractivity contribution in [3.05, 3.63) is 11.1 Å². The molecule has 0 aromatic rings. The first kappa shape index (κ1) is 13.6. The van der Waals surface area contributed by atoms with E-state index in [0.29, 0.717) is 6.10 Å². The zero-order valence-corrected chi connectivity index (χ0v) is 12.1. The van der Waals surface area contributed by atoms with Gasteiger partial charge in [0, 0.05) is 19.4 Å². The van der Waals surface area contributed by atoms with Crippen molar-refractivity contribution < 1.29 is 14.2 Å². The molecule has 1 heterocycles. The van der Waals surface area contributed by atoms with Gasteiger partial charge in [-0.15, -0.1) is 0 Å². The second kappa shape index (κ2) is 5.94. The first-order chi connectivity index (χ1) is 9.31. The molecule has 0 aromatic heterocycles. The maximum atomic E-state index is 5.80. The van der Waals surface area contributed by atoms with E-state index in [1.54, 1.807) is 11.1 Å². The van der Waals surface area contributed by atoms with Crippen LogP contribution < -0.4 is 0 Å². The summed E-state index contributed by atoms with van der Waals surface area (Å²) < 4.78 is 17.3. The van der Waals surface area contributed by atoms with Crippen molar-refractivity contribution in [3.8, 4) is 0 Å². The van der Waals surface area contributed by atoms with E-state index in [-0.39, 0.29) is 5.79 Å². The van der Waals surface area contributed by atoms with Gasteiger partial charge in [0.1, 0.15) is 0 Å². The Morgan fingerprint density at radius 3 is 2.16 bits per heavy atom. The molecule has 0 N–H and O–H groups in total. The maximum Gasteiger partial charge on any atom is 0.169 e. The van der Waals surface area contributed by atoms with Crippen molar-refractivity contribution in [2.24, 2.45) is 0 Å². The molecule has 0 radical (unpaired) electrons. The van der Waals surface area contributed by atoms with E-state index in [1.165, 1.54) is 38.5 Å². The van der Waals surface area contributed by atoms with Gasteiger partial charge in [-0.3, -0.25) is 0 Å². The minimum atomic E-state index is -0.216. The maximum absolute atomic E-state index is 5.80. The summed E-state index contributed by atoms with van der Waals surface area (Å²) in [5.74, 6) is -0.216. The third kappa shape index (κ3) is 3.04. The van der Waals surface area contributed by atoms with Crippen LogP contribution in [-0.4, -0.2) is 31.7 Å². The molecule has 0 amide bonds. The lowest BCUT2D eigenvalue weighted by atomic mass is 9.81. The predicted octanol–water partition coefficient (Wildman–Crippen LogP) is 3.58. The molecule has 2 saturated carbocycles. The zero-order chi connectivity index (χ0) is 13.1. The first-order valence-electron chi connectivity index (χ1n) is 7.90. The van der Waals surface area contributed by atoms with Crippen molar-refractivity contribution in [1.29, 1.82) is 0 Å². The zero-order valence-electron chi connectivity index (χ0n) is 12.1. The van der Waals surface area contributed by atoms with Crippen LogP contribution in [0.3, 0.4) is 0 Å². The van der Waals surface area contributed by atoms with Crippen molar-refractivity contribution in [2.75, 3.05) is 19.8 Å². The lowest BCUT2D eigenvalue weighted by Gasteiger charge is -2.35. The predicted molar refractivity (Wildman–Crippen MR) is 74.0 cm³/mol. The molecule has 0 unspecified atom stereocenters. The van der Waals surface area contributed by atoms with Gasteiger partial charge < -0.3 is 14.2 Å². The van der Waals surface area contributed by atoms with Crippen LogP contribution in [0.5, 0.6) is 0 Å². The molecule has 3 aliphatic rings. The van der Waals surface area contributed by atoms with E-state index >= 15 is 0 Å². The molecule has 0 aromatic carbocycles. The molecule has 1 spiro atoms. The van der Waals surface area contributed by atoms with E-state index in [1.807, 2.05) is 0 Å². The number of allylic oxidation sites excluding steroid dienone is 2. The highest BCUT2D eigenvalue weighted by atomic mass is 16.7. The van der Waals surface area contributed by atoms with E-state index in [0.717, 1.165) is 32.7 Å². The molecule has 0 atom stereocenters. The van der Waals surface area contributed by atoms with Crippen molar-refractivity contribution >= 4 is 0 Å². The molecule has 0 bridgehead atoms. The largest absolute Gasteiger partial charge is 0.378 e. The number of hydrogen-bond donors (Lipinski definition) is 0. The van der Waals surface area contributed by atoms with Crippen molar-refractivity contribution in [3.63, 3.8) is 0 Å². The Labute approximate surface area is 116 Å². The monoisotopic (exact) mass is 266 g/mol. The lowest BCUT2D eigenvalue weighted by Crippen LogP contribution is -2.33. The van der Waals surface area contributed by atoms with Gasteiger partial charge in [-0.25, -0.2) is 0 Å². The van der Waals surface area contributed by atoms with Crippen LogP contribution in [0.1, 0.15) is 58.3 Å². The van der Waals surface area contributed by atoms with Gasteiger partial charge in [-0.1, -0.05) is 11.1 Å². The summed E-state index contributed by atoms with van der Waals surface area (Å²) in [5, 5.41) is 0. The lowest BCUT2D eigenvalue weighted by molar-refractivity contribution is -0.171. The average Bonchev–Trinajstić information content (AvgIpc) is 2.90. The summed E-state index contributed by atoms with van der Waals surface area (Å²) in [4.78, 5) is 0. The summed E-state index contributed by atoms with van der Waals surface area (Å²) in [5.41, 5.74) is 3.41. The van der Waals surface area contributed by atoms with Gasteiger partial charge in [0.05, 0.1) is 19.3 Å². The Hall–Kier alpha value is -0.380. The summed E-state index contributed by atoms with van der Waals surface area (Å²) in [6, 6.07) is 0. The highest BCUT2D eigenvalue weighted by Gasteiger charge is 2.39. The Morgan fingerprint density at radius 1 is 1.00 bits per heavy atom. The Bertz CT molecular complexity index is 320. The minimum Gasteiger partial charge on any atom is -0.378 e. The van der Waals surface area contributed by atoms with Crippen LogP contribution >= 0.6 is 0 Å². The smallest absolute Gasteiger partial charge is 0.169 e. The first-order valence-corrected chi connectivity index (χ1v) is 7.90. The average molecular weight is 266 g/mol. The standard InChI is InChI=1S/C16H26O3/c1-2-17-15-5-3-13(4-6-15)14-7-9-16(10-8-14)18-11-12-19-16/h15H,2-12H2,1H3. The fourth-order valence-corrected chi connectivity index (χ4v) is 3.77. The number of rotatable bonds is 2. The van der Waals surface area contributed by atoms with Gasteiger partial charge in [-0.05, 0) is 45.4 Å².